The lowest BCUT2D eigenvalue weighted by molar-refractivity contribution is 0.0680. The maximum Gasteiger partial charge on any atom is 0.254 e. The first-order valence-corrected chi connectivity index (χ1v) is 9.76. The standard InChI is InChI=1S/C16H21N5O3S/c1-4-25(23,24)19-14-7-5-13(6-8-14)16(22)20-9-11(2)21-12(3)17-18-15(21)10-20/h5-8,11,19H,4,9-10H2,1-3H3. The van der Waals surface area contributed by atoms with Crippen molar-refractivity contribution in [2.75, 3.05) is 17.0 Å². The highest BCUT2D eigenvalue weighted by molar-refractivity contribution is 7.92. The topological polar surface area (TPSA) is 97.2 Å². The van der Waals surface area contributed by atoms with Crippen LogP contribution in [0.2, 0.25) is 0 Å². The number of hydrogen-bond acceptors (Lipinski definition) is 5. The Bertz CT molecular complexity index is 889. The van der Waals surface area contributed by atoms with E-state index in [1.807, 2.05) is 18.4 Å². The van der Waals surface area contributed by atoms with Crippen LogP contribution in [0.5, 0.6) is 0 Å². The lowest BCUT2D eigenvalue weighted by Gasteiger charge is -2.32. The number of anilines is 1. The summed E-state index contributed by atoms with van der Waals surface area (Å²) in [5.41, 5.74) is 0.956. The monoisotopic (exact) mass is 363 g/mol. The van der Waals surface area contributed by atoms with Gasteiger partial charge in [0.15, 0.2) is 5.82 Å². The van der Waals surface area contributed by atoms with Gasteiger partial charge in [0.25, 0.3) is 5.91 Å². The molecule has 3 rings (SSSR count). The summed E-state index contributed by atoms with van der Waals surface area (Å²) in [6.45, 7) is 6.49. The second-order valence-electron chi connectivity index (χ2n) is 6.15. The molecule has 2 heterocycles. The number of nitrogens with zero attached hydrogens (tertiary/aromatic N) is 4. The molecule has 9 heteroatoms. The molecule has 0 aliphatic carbocycles. The fraction of sp³-hybridized carbons (Fsp3) is 0.438. The fourth-order valence-corrected chi connectivity index (χ4v) is 3.64. The van der Waals surface area contributed by atoms with Gasteiger partial charge in [0.2, 0.25) is 10.0 Å². The minimum atomic E-state index is -3.33. The van der Waals surface area contributed by atoms with Gasteiger partial charge in [0, 0.05) is 17.8 Å². The van der Waals surface area contributed by atoms with E-state index in [0.29, 0.717) is 24.3 Å². The molecule has 0 saturated carbocycles. The number of benzene rings is 1. The Hall–Kier alpha value is -2.42. The van der Waals surface area contributed by atoms with Crippen molar-refractivity contribution in [3.63, 3.8) is 0 Å². The van der Waals surface area contributed by atoms with Gasteiger partial charge in [-0.3, -0.25) is 9.52 Å². The van der Waals surface area contributed by atoms with E-state index >= 15 is 0 Å². The lowest BCUT2D eigenvalue weighted by Crippen LogP contribution is -2.40. The van der Waals surface area contributed by atoms with Crippen LogP contribution in [0.4, 0.5) is 5.69 Å². The van der Waals surface area contributed by atoms with E-state index in [2.05, 4.69) is 14.9 Å². The highest BCUT2D eigenvalue weighted by Gasteiger charge is 2.28. The zero-order chi connectivity index (χ0) is 18.2. The van der Waals surface area contributed by atoms with Crippen LogP contribution in [0.1, 0.15) is 41.9 Å². The smallest absolute Gasteiger partial charge is 0.254 e. The van der Waals surface area contributed by atoms with Gasteiger partial charge in [-0.25, -0.2) is 8.42 Å². The van der Waals surface area contributed by atoms with Gasteiger partial charge in [0.05, 0.1) is 18.3 Å². The third kappa shape index (κ3) is 3.51. The molecule has 0 radical (unpaired) electrons. The van der Waals surface area contributed by atoms with Crippen molar-refractivity contribution >= 4 is 21.6 Å². The van der Waals surface area contributed by atoms with E-state index in [1.165, 1.54) is 0 Å². The van der Waals surface area contributed by atoms with E-state index in [-0.39, 0.29) is 17.7 Å². The Balaban J connectivity index is 1.76. The molecule has 1 aliphatic rings. The van der Waals surface area contributed by atoms with Gasteiger partial charge in [-0.15, -0.1) is 10.2 Å². The van der Waals surface area contributed by atoms with E-state index in [9.17, 15) is 13.2 Å². The third-order valence-electron chi connectivity index (χ3n) is 4.27. The first-order valence-electron chi connectivity index (χ1n) is 8.11. The van der Waals surface area contributed by atoms with Crippen molar-refractivity contribution in [2.45, 2.75) is 33.4 Å². The van der Waals surface area contributed by atoms with Gasteiger partial charge >= 0.3 is 0 Å². The van der Waals surface area contributed by atoms with Crippen molar-refractivity contribution in [1.29, 1.82) is 0 Å². The molecule has 1 aromatic heterocycles. The normalized spacial score (nSPS) is 17.2. The van der Waals surface area contributed by atoms with E-state index in [0.717, 1.165) is 11.6 Å². The lowest BCUT2D eigenvalue weighted by atomic mass is 10.1. The van der Waals surface area contributed by atoms with Gasteiger partial charge in [-0.05, 0) is 45.0 Å². The first-order chi connectivity index (χ1) is 11.8. The summed E-state index contributed by atoms with van der Waals surface area (Å²) in [4.78, 5) is 14.5. The maximum atomic E-state index is 12.7. The molecule has 1 amide bonds. The van der Waals surface area contributed by atoms with E-state index in [4.69, 9.17) is 0 Å². The average molecular weight is 363 g/mol. The van der Waals surface area contributed by atoms with Crippen LogP contribution in [-0.2, 0) is 16.6 Å². The highest BCUT2D eigenvalue weighted by Crippen LogP contribution is 2.23. The van der Waals surface area contributed by atoms with Crippen LogP contribution in [0.15, 0.2) is 24.3 Å². The number of amides is 1. The SMILES string of the molecule is CCS(=O)(=O)Nc1ccc(C(=O)N2Cc3nnc(C)n3C(C)C2)cc1. The van der Waals surface area contributed by atoms with Gasteiger partial charge in [-0.2, -0.15) is 0 Å². The molecule has 1 aromatic carbocycles. The number of fused-ring (bicyclic) bond motifs is 1. The van der Waals surface area contributed by atoms with Crippen molar-refractivity contribution in [1.82, 2.24) is 19.7 Å². The maximum absolute atomic E-state index is 12.7. The van der Waals surface area contributed by atoms with Crippen LogP contribution in [0.3, 0.4) is 0 Å². The molecule has 2 aromatic rings. The number of hydrogen-bond donors (Lipinski definition) is 1. The Morgan fingerprint density at radius 1 is 1.28 bits per heavy atom. The Morgan fingerprint density at radius 3 is 2.60 bits per heavy atom. The Morgan fingerprint density at radius 2 is 1.96 bits per heavy atom. The number of carbonyl (C=O) groups excluding carboxylic acids is 1. The second kappa shape index (κ2) is 6.47. The van der Waals surface area contributed by atoms with Crippen LogP contribution in [-0.4, -0.2) is 46.3 Å². The number of aromatic nitrogens is 3. The number of nitrogens with one attached hydrogen (secondary N) is 1. The summed E-state index contributed by atoms with van der Waals surface area (Å²) < 4.78 is 27.7. The van der Waals surface area contributed by atoms with Crippen LogP contribution < -0.4 is 4.72 Å². The molecule has 25 heavy (non-hydrogen) atoms. The minimum Gasteiger partial charge on any atom is -0.329 e. The molecular weight excluding hydrogens is 342 g/mol. The molecule has 8 nitrogen and oxygen atoms in total. The third-order valence-corrected chi connectivity index (χ3v) is 5.57. The second-order valence-corrected chi connectivity index (χ2v) is 8.16. The summed E-state index contributed by atoms with van der Waals surface area (Å²) in [5.74, 6) is 1.52. The van der Waals surface area contributed by atoms with E-state index in [1.54, 1.807) is 36.1 Å². The predicted octanol–water partition coefficient (Wildman–Crippen LogP) is 1.57. The summed E-state index contributed by atoms with van der Waals surface area (Å²) in [6.07, 6.45) is 0. The Kier molecular flexibility index (Phi) is 4.51. The zero-order valence-electron chi connectivity index (χ0n) is 14.4. The molecule has 1 atom stereocenters. The minimum absolute atomic E-state index is 0.000548. The van der Waals surface area contributed by atoms with Crippen molar-refractivity contribution in [3.05, 3.63) is 41.5 Å². The molecular formula is C16H21N5O3S. The number of aryl methyl sites for hydroxylation is 1. The van der Waals surface area contributed by atoms with Gasteiger partial charge in [-0.1, -0.05) is 0 Å². The van der Waals surface area contributed by atoms with E-state index < -0.39 is 10.0 Å². The molecule has 0 fully saturated rings. The quantitative estimate of drug-likeness (QED) is 0.889. The summed E-state index contributed by atoms with van der Waals surface area (Å²) >= 11 is 0. The Labute approximate surface area is 146 Å². The predicted molar refractivity (Wildman–Crippen MR) is 93.7 cm³/mol. The van der Waals surface area contributed by atoms with Crippen LogP contribution >= 0.6 is 0 Å². The fourth-order valence-electron chi connectivity index (χ4n) is 3.00. The molecule has 1 aliphatic heterocycles. The van der Waals surface area contributed by atoms with Crippen LogP contribution in [0, 0.1) is 6.92 Å². The first kappa shape index (κ1) is 17.4. The zero-order valence-corrected chi connectivity index (χ0v) is 15.2. The van der Waals surface area contributed by atoms with Crippen LogP contribution in [0.25, 0.3) is 0 Å². The highest BCUT2D eigenvalue weighted by atomic mass is 32.2. The van der Waals surface area contributed by atoms with Crippen molar-refractivity contribution in [2.24, 2.45) is 0 Å². The molecule has 1 N–H and O–H groups in total. The van der Waals surface area contributed by atoms with Crippen molar-refractivity contribution < 1.29 is 13.2 Å². The molecule has 0 spiro atoms. The number of carbonyl (C=O) groups is 1. The molecule has 134 valence electrons. The van der Waals surface area contributed by atoms with Gasteiger partial charge < -0.3 is 9.47 Å². The van der Waals surface area contributed by atoms with Gasteiger partial charge in [0.1, 0.15) is 5.82 Å². The summed E-state index contributed by atoms with van der Waals surface area (Å²) in [5, 5.41) is 8.22. The molecule has 0 saturated heterocycles. The number of sulfonamides is 1. The average Bonchev–Trinajstić information content (AvgIpc) is 2.96. The summed E-state index contributed by atoms with van der Waals surface area (Å²) in [6, 6.07) is 6.57. The molecule has 0 bridgehead atoms. The van der Waals surface area contributed by atoms with Crippen molar-refractivity contribution in [3.8, 4) is 0 Å². The molecule has 1 unspecified atom stereocenters. The number of rotatable bonds is 4. The largest absolute Gasteiger partial charge is 0.329 e. The summed E-state index contributed by atoms with van der Waals surface area (Å²) in [7, 11) is -3.33.